The predicted octanol–water partition coefficient (Wildman–Crippen LogP) is 4.55. The van der Waals surface area contributed by atoms with Crippen LogP contribution >= 0.6 is 0 Å². The second-order valence-electron chi connectivity index (χ2n) is 9.32. The van der Waals surface area contributed by atoms with Crippen LogP contribution in [0.2, 0.25) is 0 Å². The first kappa shape index (κ1) is 19.7. The SMILES string of the molecule is CC1C2CCCCC23c2cc(OS(=O)(=O)C(F)(F)F)ccc2C3CN1CC1CC1. The highest BCUT2D eigenvalue weighted by atomic mass is 32.2. The van der Waals surface area contributed by atoms with Gasteiger partial charge in [0.2, 0.25) is 0 Å². The van der Waals surface area contributed by atoms with Gasteiger partial charge in [0.15, 0.2) is 0 Å². The standard InChI is InChI=1S/C21H26F3NO3S/c1-13-17-4-2-3-9-20(17)18-10-15(28-29(26,27)21(22,23)24)7-8-16(18)19(20)12-25(13)11-14-5-6-14/h7-8,10,13-14,17,19H,2-6,9,11-12H2,1H3. The molecule has 1 aromatic carbocycles. The number of alkyl halides is 3. The van der Waals surface area contributed by atoms with E-state index < -0.39 is 15.6 Å². The highest BCUT2D eigenvalue weighted by Crippen LogP contribution is 2.65. The minimum atomic E-state index is -5.65. The topological polar surface area (TPSA) is 46.6 Å². The summed E-state index contributed by atoms with van der Waals surface area (Å²) in [5.74, 6) is 1.42. The molecule has 2 saturated carbocycles. The average molecular weight is 430 g/mol. The maximum absolute atomic E-state index is 12.7. The fraction of sp³-hybridized carbons (Fsp3) is 0.714. The van der Waals surface area contributed by atoms with Crippen molar-refractivity contribution in [1.29, 1.82) is 0 Å². The highest BCUT2D eigenvalue weighted by Gasteiger charge is 2.61. The van der Waals surface area contributed by atoms with Gasteiger partial charge >= 0.3 is 15.6 Å². The minimum absolute atomic E-state index is 0.0472. The van der Waals surface area contributed by atoms with E-state index in [4.69, 9.17) is 0 Å². The van der Waals surface area contributed by atoms with Gasteiger partial charge in [0.1, 0.15) is 5.75 Å². The van der Waals surface area contributed by atoms with Crippen LogP contribution in [0.5, 0.6) is 5.75 Å². The van der Waals surface area contributed by atoms with Crippen LogP contribution in [-0.2, 0) is 15.5 Å². The van der Waals surface area contributed by atoms with Crippen LogP contribution < -0.4 is 4.18 Å². The summed E-state index contributed by atoms with van der Waals surface area (Å²) in [6.07, 6.45) is 7.04. The second-order valence-corrected chi connectivity index (χ2v) is 10.9. The smallest absolute Gasteiger partial charge is 0.376 e. The Bertz CT molecular complexity index is 928. The summed E-state index contributed by atoms with van der Waals surface area (Å²) in [7, 11) is -5.65. The Morgan fingerprint density at radius 3 is 2.66 bits per heavy atom. The summed E-state index contributed by atoms with van der Waals surface area (Å²) < 4.78 is 65.5. The van der Waals surface area contributed by atoms with Crippen molar-refractivity contribution in [1.82, 2.24) is 4.90 Å². The zero-order valence-electron chi connectivity index (χ0n) is 16.4. The minimum Gasteiger partial charge on any atom is -0.376 e. The summed E-state index contributed by atoms with van der Waals surface area (Å²) in [5, 5.41) is 0. The van der Waals surface area contributed by atoms with Gasteiger partial charge < -0.3 is 4.18 Å². The van der Waals surface area contributed by atoms with Crippen molar-refractivity contribution in [2.45, 2.75) is 68.3 Å². The second kappa shape index (κ2) is 6.36. The van der Waals surface area contributed by atoms with Crippen molar-refractivity contribution in [3.8, 4) is 5.75 Å². The van der Waals surface area contributed by atoms with E-state index in [-0.39, 0.29) is 11.2 Å². The van der Waals surface area contributed by atoms with Crippen molar-refractivity contribution in [2.24, 2.45) is 11.8 Å². The third-order valence-electron chi connectivity index (χ3n) is 7.80. The van der Waals surface area contributed by atoms with E-state index in [0.29, 0.717) is 17.9 Å². The molecule has 29 heavy (non-hydrogen) atoms. The number of hydrogen-bond acceptors (Lipinski definition) is 4. The number of fused-ring (bicyclic) bond motifs is 2. The molecule has 3 fully saturated rings. The predicted molar refractivity (Wildman–Crippen MR) is 102 cm³/mol. The molecule has 0 aromatic heterocycles. The average Bonchev–Trinajstić information content (AvgIpc) is 3.47. The lowest BCUT2D eigenvalue weighted by atomic mass is 9.44. The molecular formula is C21H26F3NO3S. The largest absolute Gasteiger partial charge is 0.534 e. The van der Waals surface area contributed by atoms with E-state index in [1.807, 2.05) is 0 Å². The first-order chi connectivity index (χ1) is 13.6. The molecule has 1 spiro atoms. The Morgan fingerprint density at radius 1 is 1.21 bits per heavy atom. The van der Waals surface area contributed by atoms with Crippen molar-refractivity contribution < 1.29 is 25.8 Å². The molecule has 4 unspecified atom stereocenters. The zero-order valence-corrected chi connectivity index (χ0v) is 17.2. The zero-order chi connectivity index (χ0) is 20.6. The molecule has 0 radical (unpaired) electrons. The summed E-state index contributed by atoms with van der Waals surface area (Å²) in [6, 6.07) is 5.15. The molecular weight excluding hydrogens is 403 g/mol. The van der Waals surface area contributed by atoms with Crippen LogP contribution in [0, 0.1) is 11.8 Å². The van der Waals surface area contributed by atoms with Gasteiger partial charge in [-0.2, -0.15) is 21.6 Å². The van der Waals surface area contributed by atoms with E-state index in [1.54, 1.807) is 12.1 Å². The number of benzene rings is 1. The lowest BCUT2D eigenvalue weighted by Crippen LogP contribution is -2.64. The quantitative estimate of drug-likeness (QED) is 0.520. The van der Waals surface area contributed by atoms with Crippen molar-refractivity contribution in [3.63, 3.8) is 0 Å². The number of hydrogen-bond donors (Lipinski definition) is 0. The van der Waals surface area contributed by atoms with E-state index in [0.717, 1.165) is 49.4 Å². The molecule has 1 saturated heterocycles. The molecule has 1 aliphatic heterocycles. The van der Waals surface area contributed by atoms with Gasteiger partial charge in [0.05, 0.1) is 0 Å². The highest BCUT2D eigenvalue weighted by molar-refractivity contribution is 7.88. The van der Waals surface area contributed by atoms with Crippen LogP contribution in [-0.4, -0.2) is 38.0 Å². The summed E-state index contributed by atoms with van der Waals surface area (Å²) in [4.78, 5) is 2.62. The summed E-state index contributed by atoms with van der Waals surface area (Å²) in [6.45, 7) is 4.43. The maximum Gasteiger partial charge on any atom is 0.534 e. The Hall–Kier alpha value is -1.28. The molecule has 4 atom stereocenters. The third-order valence-corrected chi connectivity index (χ3v) is 8.77. The third kappa shape index (κ3) is 2.92. The number of rotatable bonds is 4. The summed E-state index contributed by atoms with van der Waals surface area (Å²) >= 11 is 0. The van der Waals surface area contributed by atoms with Gasteiger partial charge in [-0.1, -0.05) is 18.9 Å². The molecule has 4 aliphatic rings. The number of halogens is 3. The molecule has 3 aliphatic carbocycles. The van der Waals surface area contributed by atoms with E-state index in [2.05, 4.69) is 16.0 Å². The van der Waals surface area contributed by atoms with Crippen molar-refractivity contribution >= 4 is 10.1 Å². The van der Waals surface area contributed by atoms with E-state index in [1.165, 1.54) is 25.3 Å². The van der Waals surface area contributed by atoms with Crippen LogP contribution in [0.1, 0.15) is 62.5 Å². The molecule has 5 rings (SSSR count). The summed E-state index contributed by atoms with van der Waals surface area (Å²) in [5.41, 5.74) is -3.30. The molecule has 0 N–H and O–H groups in total. The van der Waals surface area contributed by atoms with Crippen LogP contribution in [0.25, 0.3) is 0 Å². The first-order valence-corrected chi connectivity index (χ1v) is 11.9. The molecule has 8 heteroatoms. The molecule has 1 heterocycles. The van der Waals surface area contributed by atoms with Gasteiger partial charge in [-0.05, 0) is 67.7 Å². The lowest BCUT2D eigenvalue weighted by Gasteiger charge is -2.65. The van der Waals surface area contributed by atoms with Crippen LogP contribution in [0.4, 0.5) is 13.2 Å². The monoisotopic (exact) mass is 429 g/mol. The Kier molecular flexibility index (Phi) is 4.31. The van der Waals surface area contributed by atoms with E-state index >= 15 is 0 Å². The van der Waals surface area contributed by atoms with Gasteiger partial charge in [0, 0.05) is 30.5 Å². The Balaban J connectivity index is 1.49. The molecule has 0 bridgehead atoms. The van der Waals surface area contributed by atoms with Crippen molar-refractivity contribution in [2.75, 3.05) is 13.1 Å². The van der Waals surface area contributed by atoms with E-state index in [9.17, 15) is 21.6 Å². The normalized spacial score (nSPS) is 34.6. The number of likely N-dealkylation sites (tertiary alicyclic amines) is 1. The van der Waals surface area contributed by atoms with Gasteiger partial charge in [-0.3, -0.25) is 4.90 Å². The van der Waals surface area contributed by atoms with Crippen LogP contribution in [0.15, 0.2) is 18.2 Å². The Labute approximate surface area is 169 Å². The maximum atomic E-state index is 12.7. The number of nitrogens with zero attached hydrogens (tertiary/aromatic N) is 1. The lowest BCUT2D eigenvalue weighted by molar-refractivity contribution is -0.0500. The molecule has 4 nitrogen and oxygen atoms in total. The van der Waals surface area contributed by atoms with Gasteiger partial charge in [-0.25, -0.2) is 0 Å². The first-order valence-electron chi connectivity index (χ1n) is 10.5. The fourth-order valence-corrected chi connectivity index (χ4v) is 6.76. The fourth-order valence-electron chi connectivity index (χ4n) is 6.31. The molecule has 1 aromatic rings. The Morgan fingerprint density at radius 2 is 1.97 bits per heavy atom. The van der Waals surface area contributed by atoms with Gasteiger partial charge in [-0.15, -0.1) is 0 Å². The van der Waals surface area contributed by atoms with Crippen molar-refractivity contribution in [3.05, 3.63) is 29.3 Å². The molecule has 160 valence electrons. The molecule has 0 amide bonds. The number of piperidine rings is 1. The van der Waals surface area contributed by atoms with Gasteiger partial charge in [0.25, 0.3) is 0 Å². The van der Waals surface area contributed by atoms with Crippen LogP contribution in [0.3, 0.4) is 0 Å².